The first-order valence-electron chi connectivity index (χ1n) is 7.48. The Bertz CT molecular complexity index is 684. The van der Waals surface area contributed by atoms with Crippen LogP contribution in [0, 0.1) is 5.92 Å². The van der Waals surface area contributed by atoms with Gasteiger partial charge in [-0.05, 0) is 42.2 Å². The van der Waals surface area contributed by atoms with Crippen molar-refractivity contribution in [2.75, 3.05) is 0 Å². The van der Waals surface area contributed by atoms with Crippen molar-refractivity contribution in [1.29, 1.82) is 0 Å². The van der Waals surface area contributed by atoms with Crippen molar-refractivity contribution < 1.29 is 9.63 Å². The Morgan fingerprint density at radius 1 is 1.10 bits per heavy atom. The lowest BCUT2D eigenvalue weighted by atomic mass is 10.0. The van der Waals surface area contributed by atoms with E-state index in [9.17, 15) is 4.79 Å². The van der Waals surface area contributed by atoms with Crippen molar-refractivity contribution in [3.63, 3.8) is 0 Å². The van der Waals surface area contributed by atoms with Gasteiger partial charge in [-0.15, -0.1) is 0 Å². The molecule has 1 aliphatic carbocycles. The maximum Gasteiger partial charge on any atom is 0.338 e. The van der Waals surface area contributed by atoms with Crippen LogP contribution in [0.3, 0.4) is 0 Å². The molecule has 2 aromatic rings. The number of nitrogens with zero attached hydrogens (tertiary/aromatic N) is 1. The first-order chi connectivity index (χ1) is 10.2. The van der Waals surface area contributed by atoms with Crippen LogP contribution in [0.5, 0.6) is 0 Å². The van der Waals surface area contributed by atoms with Gasteiger partial charge < -0.3 is 4.84 Å². The largest absolute Gasteiger partial charge is 0.338 e. The van der Waals surface area contributed by atoms with Crippen LogP contribution in [0.15, 0.2) is 47.6 Å². The summed E-state index contributed by atoms with van der Waals surface area (Å²) in [5.74, 6) is -0.147. The summed E-state index contributed by atoms with van der Waals surface area (Å²) < 4.78 is 0. The van der Waals surface area contributed by atoms with Crippen molar-refractivity contribution in [1.82, 2.24) is 0 Å². The first kappa shape index (κ1) is 13.8. The monoisotopic (exact) mass is 281 g/mol. The Balaban J connectivity index is 1.74. The molecule has 0 spiro atoms. The van der Waals surface area contributed by atoms with Gasteiger partial charge >= 0.3 is 5.97 Å². The van der Waals surface area contributed by atoms with Crippen LogP contribution in [0.4, 0.5) is 0 Å². The maximum atomic E-state index is 11.9. The van der Waals surface area contributed by atoms with E-state index in [4.69, 9.17) is 4.84 Å². The van der Waals surface area contributed by atoms with Crippen LogP contribution in [0.25, 0.3) is 10.8 Å². The molecule has 1 fully saturated rings. The average molecular weight is 281 g/mol. The third kappa shape index (κ3) is 3.13. The zero-order valence-electron chi connectivity index (χ0n) is 12.2. The van der Waals surface area contributed by atoms with E-state index < -0.39 is 0 Å². The van der Waals surface area contributed by atoms with Crippen molar-refractivity contribution in [2.24, 2.45) is 11.1 Å². The van der Waals surface area contributed by atoms with Gasteiger partial charge in [-0.3, -0.25) is 0 Å². The van der Waals surface area contributed by atoms with Crippen LogP contribution in [0.1, 0.15) is 38.2 Å². The molecular weight excluding hydrogens is 262 g/mol. The van der Waals surface area contributed by atoms with Gasteiger partial charge in [-0.1, -0.05) is 54.4 Å². The predicted octanol–water partition coefficient (Wildman–Crippen LogP) is 4.30. The Hall–Kier alpha value is -2.16. The highest BCUT2D eigenvalue weighted by molar-refractivity contribution is 6.01. The molecule has 0 saturated heterocycles. The summed E-state index contributed by atoms with van der Waals surface area (Å²) in [6.45, 7) is 1.87. The fourth-order valence-corrected chi connectivity index (χ4v) is 2.82. The smallest absolute Gasteiger partial charge is 0.318 e. The molecule has 1 saturated carbocycles. The highest BCUT2D eigenvalue weighted by Crippen LogP contribution is 2.25. The number of fused-ring (bicyclic) bond motifs is 1. The lowest BCUT2D eigenvalue weighted by Crippen LogP contribution is -2.12. The number of hydrogen-bond donors (Lipinski definition) is 0. The van der Waals surface area contributed by atoms with Crippen LogP contribution in [-0.2, 0) is 9.63 Å². The molecule has 0 aromatic heterocycles. The summed E-state index contributed by atoms with van der Waals surface area (Å²) in [6, 6.07) is 14.3. The topological polar surface area (TPSA) is 38.7 Å². The van der Waals surface area contributed by atoms with E-state index in [1.165, 1.54) is 5.39 Å². The number of carbonyl (C=O) groups excluding carboxylic acids is 1. The molecular formula is C18H19NO2. The van der Waals surface area contributed by atoms with E-state index >= 15 is 0 Å². The zero-order chi connectivity index (χ0) is 14.7. The van der Waals surface area contributed by atoms with Crippen molar-refractivity contribution in [2.45, 2.75) is 32.6 Å². The second kappa shape index (κ2) is 6.08. The third-order valence-corrected chi connectivity index (χ3v) is 4.13. The summed E-state index contributed by atoms with van der Waals surface area (Å²) in [7, 11) is 0. The Morgan fingerprint density at radius 2 is 1.81 bits per heavy atom. The summed E-state index contributed by atoms with van der Waals surface area (Å²) >= 11 is 0. The predicted molar refractivity (Wildman–Crippen MR) is 84.2 cm³/mol. The lowest BCUT2D eigenvalue weighted by molar-refractivity contribution is -0.148. The van der Waals surface area contributed by atoms with Gasteiger partial charge in [0.2, 0.25) is 0 Å². The fourth-order valence-electron chi connectivity index (χ4n) is 2.82. The highest BCUT2D eigenvalue weighted by atomic mass is 16.7. The molecule has 21 heavy (non-hydrogen) atoms. The standard InChI is InChI=1S/C18H19NO2/c1-13(19-21-18(20)15-7-3-4-8-15)16-11-10-14-6-2-5-9-17(14)12-16/h2,5-6,9-12,15H,3-4,7-8H2,1H3. The second-order valence-corrected chi connectivity index (χ2v) is 5.63. The van der Waals surface area contributed by atoms with Crippen LogP contribution >= 0.6 is 0 Å². The van der Waals surface area contributed by atoms with Gasteiger partial charge in [0.05, 0.1) is 11.6 Å². The maximum absolute atomic E-state index is 11.9. The Kier molecular flexibility index (Phi) is 4.00. The summed E-state index contributed by atoms with van der Waals surface area (Å²) in [6.07, 6.45) is 4.10. The molecule has 1 aliphatic rings. The molecule has 0 aliphatic heterocycles. The normalized spacial score (nSPS) is 16.3. The second-order valence-electron chi connectivity index (χ2n) is 5.63. The minimum atomic E-state index is -0.187. The minimum Gasteiger partial charge on any atom is -0.318 e. The van der Waals surface area contributed by atoms with Crippen molar-refractivity contribution >= 4 is 22.5 Å². The van der Waals surface area contributed by atoms with E-state index in [0.29, 0.717) is 0 Å². The summed E-state index contributed by atoms with van der Waals surface area (Å²) in [4.78, 5) is 17.0. The quantitative estimate of drug-likeness (QED) is 0.478. The van der Waals surface area contributed by atoms with E-state index in [1.54, 1.807) is 0 Å². The van der Waals surface area contributed by atoms with Crippen LogP contribution < -0.4 is 0 Å². The Labute approximate surface area is 124 Å². The first-order valence-corrected chi connectivity index (χ1v) is 7.48. The lowest BCUT2D eigenvalue weighted by Gasteiger charge is -2.06. The van der Waals surface area contributed by atoms with Gasteiger partial charge in [-0.25, -0.2) is 4.79 Å². The summed E-state index contributed by atoms with van der Waals surface area (Å²) in [5.41, 5.74) is 1.71. The number of hydrogen-bond acceptors (Lipinski definition) is 3. The van der Waals surface area contributed by atoms with Crippen molar-refractivity contribution in [3.8, 4) is 0 Å². The molecule has 0 amide bonds. The zero-order valence-corrected chi connectivity index (χ0v) is 12.2. The van der Waals surface area contributed by atoms with Gasteiger partial charge in [0, 0.05) is 0 Å². The number of oxime groups is 1. The molecule has 0 heterocycles. The Morgan fingerprint density at radius 3 is 2.57 bits per heavy atom. The molecule has 0 radical (unpaired) electrons. The average Bonchev–Trinajstić information content (AvgIpc) is 3.06. The molecule has 2 aromatic carbocycles. The van der Waals surface area contributed by atoms with Gasteiger partial charge in [0.1, 0.15) is 0 Å². The molecule has 0 atom stereocenters. The molecule has 0 N–H and O–H groups in total. The summed E-state index contributed by atoms with van der Waals surface area (Å²) in [5, 5.41) is 6.36. The SMILES string of the molecule is CC(=NOC(=O)C1CCCC1)c1ccc2ccccc2c1. The van der Waals surface area contributed by atoms with Crippen molar-refractivity contribution in [3.05, 3.63) is 48.0 Å². The highest BCUT2D eigenvalue weighted by Gasteiger charge is 2.24. The van der Waals surface area contributed by atoms with Crippen LogP contribution in [0.2, 0.25) is 0 Å². The molecule has 3 heteroatoms. The molecule has 0 bridgehead atoms. The number of carbonyl (C=O) groups is 1. The molecule has 3 nitrogen and oxygen atoms in total. The number of rotatable bonds is 3. The van der Waals surface area contributed by atoms with Gasteiger partial charge in [0.25, 0.3) is 0 Å². The minimum absolute atomic E-state index is 0.0400. The van der Waals surface area contributed by atoms with Crippen LogP contribution in [-0.4, -0.2) is 11.7 Å². The van der Waals surface area contributed by atoms with E-state index in [0.717, 1.165) is 42.3 Å². The number of benzene rings is 2. The van der Waals surface area contributed by atoms with Gasteiger partial charge in [0.15, 0.2) is 0 Å². The molecule has 0 unspecified atom stereocenters. The van der Waals surface area contributed by atoms with E-state index in [1.807, 2.05) is 25.1 Å². The van der Waals surface area contributed by atoms with E-state index in [-0.39, 0.29) is 11.9 Å². The van der Waals surface area contributed by atoms with E-state index in [2.05, 4.69) is 29.4 Å². The third-order valence-electron chi connectivity index (χ3n) is 4.13. The fraction of sp³-hybridized carbons (Fsp3) is 0.333. The van der Waals surface area contributed by atoms with Gasteiger partial charge in [-0.2, -0.15) is 0 Å². The molecule has 3 rings (SSSR count). The molecule has 108 valence electrons.